The van der Waals surface area contributed by atoms with Crippen LogP contribution in [-0.2, 0) is 10.2 Å². The minimum absolute atomic E-state index is 0.0383. The van der Waals surface area contributed by atoms with Crippen molar-refractivity contribution >= 4 is 10.2 Å². The van der Waals surface area contributed by atoms with Crippen LogP contribution in [0.3, 0.4) is 0 Å². The maximum absolute atomic E-state index is 11.9. The SMILES string of the molecule is N#CCCN(C1CC1)S(=O)(=O)NCC(F)(F)F. The van der Waals surface area contributed by atoms with Crippen molar-refractivity contribution in [3.8, 4) is 6.07 Å². The molecule has 0 heterocycles. The number of hydrogen-bond donors (Lipinski definition) is 1. The molecule has 1 fully saturated rings. The van der Waals surface area contributed by atoms with E-state index in [-0.39, 0.29) is 19.0 Å². The second-order valence-electron chi connectivity index (χ2n) is 3.69. The molecule has 0 saturated heterocycles. The minimum atomic E-state index is -4.59. The molecule has 0 radical (unpaired) electrons. The van der Waals surface area contributed by atoms with Crippen LogP contribution in [0.4, 0.5) is 13.2 Å². The number of nitrogens with zero attached hydrogens (tertiary/aromatic N) is 2. The minimum Gasteiger partial charge on any atom is -0.198 e. The van der Waals surface area contributed by atoms with Gasteiger partial charge in [-0.25, -0.2) is 0 Å². The van der Waals surface area contributed by atoms with Crippen molar-refractivity contribution in [1.82, 2.24) is 9.03 Å². The van der Waals surface area contributed by atoms with Crippen LogP contribution in [0, 0.1) is 11.3 Å². The Kier molecular flexibility index (Phi) is 4.35. The summed E-state index contributed by atoms with van der Waals surface area (Å²) in [6, 6.07) is 1.50. The van der Waals surface area contributed by atoms with Crippen molar-refractivity contribution in [3.05, 3.63) is 0 Å². The number of nitriles is 1. The predicted octanol–water partition coefficient (Wildman–Crippen LogP) is 0.761. The monoisotopic (exact) mass is 271 g/mol. The highest BCUT2D eigenvalue weighted by Gasteiger charge is 2.38. The fourth-order valence-corrected chi connectivity index (χ4v) is 2.72. The Bertz CT molecular complexity index is 397. The van der Waals surface area contributed by atoms with E-state index in [2.05, 4.69) is 0 Å². The van der Waals surface area contributed by atoms with Crippen LogP contribution >= 0.6 is 0 Å². The molecule has 0 unspecified atom stereocenters. The van der Waals surface area contributed by atoms with E-state index in [1.807, 2.05) is 0 Å². The molecule has 1 aliphatic carbocycles. The summed E-state index contributed by atoms with van der Waals surface area (Å²) >= 11 is 0. The van der Waals surface area contributed by atoms with Crippen molar-refractivity contribution in [3.63, 3.8) is 0 Å². The summed E-state index contributed by atoms with van der Waals surface area (Å²) in [5.41, 5.74) is 0. The number of halogens is 3. The Hall–Kier alpha value is -0.850. The third-order valence-corrected chi connectivity index (χ3v) is 3.77. The number of nitrogens with one attached hydrogen (secondary N) is 1. The van der Waals surface area contributed by atoms with Gasteiger partial charge < -0.3 is 0 Å². The van der Waals surface area contributed by atoms with Crippen LogP contribution in [0.5, 0.6) is 0 Å². The van der Waals surface area contributed by atoms with Gasteiger partial charge >= 0.3 is 6.18 Å². The molecule has 1 saturated carbocycles. The average Bonchev–Trinajstić information content (AvgIpc) is 2.98. The van der Waals surface area contributed by atoms with Gasteiger partial charge in [0, 0.05) is 19.0 Å². The number of rotatable bonds is 6. The van der Waals surface area contributed by atoms with Crippen molar-refractivity contribution in [2.45, 2.75) is 31.5 Å². The molecular weight excluding hydrogens is 259 g/mol. The first kappa shape index (κ1) is 14.2. The van der Waals surface area contributed by atoms with Crippen LogP contribution in [0.15, 0.2) is 0 Å². The molecule has 0 amide bonds. The van der Waals surface area contributed by atoms with Crippen LogP contribution in [-0.4, -0.2) is 38.0 Å². The van der Waals surface area contributed by atoms with Gasteiger partial charge in [0.15, 0.2) is 0 Å². The maximum atomic E-state index is 11.9. The third-order valence-electron chi connectivity index (χ3n) is 2.16. The molecule has 0 aromatic heterocycles. The number of alkyl halides is 3. The van der Waals surface area contributed by atoms with Crippen molar-refractivity contribution in [2.24, 2.45) is 0 Å². The molecule has 0 aromatic carbocycles. The fraction of sp³-hybridized carbons (Fsp3) is 0.875. The topological polar surface area (TPSA) is 73.2 Å². The van der Waals surface area contributed by atoms with Crippen molar-refractivity contribution in [1.29, 1.82) is 5.26 Å². The first-order valence-corrected chi connectivity index (χ1v) is 6.40. The molecule has 17 heavy (non-hydrogen) atoms. The van der Waals surface area contributed by atoms with E-state index >= 15 is 0 Å². The molecule has 0 bridgehead atoms. The van der Waals surface area contributed by atoms with Crippen LogP contribution in [0.1, 0.15) is 19.3 Å². The second kappa shape index (κ2) is 5.20. The lowest BCUT2D eigenvalue weighted by Crippen LogP contribution is -2.45. The molecule has 98 valence electrons. The first-order chi connectivity index (χ1) is 7.76. The average molecular weight is 271 g/mol. The van der Waals surface area contributed by atoms with E-state index in [9.17, 15) is 21.6 Å². The summed E-state index contributed by atoms with van der Waals surface area (Å²) in [6.45, 7) is -1.67. The molecule has 1 rings (SSSR count). The number of hydrogen-bond acceptors (Lipinski definition) is 3. The zero-order chi connectivity index (χ0) is 13.1. The maximum Gasteiger partial charge on any atom is 0.402 e. The van der Waals surface area contributed by atoms with Gasteiger partial charge in [-0.15, -0.1) is 0 Å². The molecule has 1 aliphatic rings. The summed E-state index contributed by atoms with van der Waals surface area (Å²) in [4.78, 5) is 0. The molecule has 0 atom stereocenters. The van der Waals surface area contributed by atoms with E-state index in [1.165, 1.54) is 4.72 Å². The largest absolute Gasteiger partial charge is 0.402 e. The van der Waals surface area contributed by atoms with Crippen LogP contribution in [0.25, 0.3) is 0 Å². The van der Waals surface area contributed by atoms with Gasteiger partial charge in [-0.1, -0.05) is 0 Å². The molecular formula is C8H12F3N3O2S. The Morgan fingerprint density at radius 1 is 1.41 bits per heavy atom. The lowest BCUT2D eigenvalue weighted by molar-refractivity contribution is -0.121. The Labute approximate surface area is 97.4 Å². The highest BCUT2D eigenvalue weighted by molar-refractivity contribution is 7.87. The Morgan fingerprint density at radius 2 is 2.00 bits per heavy atom. The van der Waals surface area contributed by atoms with Gasteiger partial charge in [0.1, 0.15) is 6.54 Å². The van der Waals surface area contributed by atoms with Gasteiger partial charge in [0.25, 0.3) is 10.2 Å². The molecule has 5 nitrogen and oxygen atoms in total. The quantitative estimate of drug-likeness (QED) is 0.775. The van der Waals surface area contributed by atoms with Gasteiger partial charge in [-0.2, -0.15) is 35.9 Å². The van der Waals surface area contributed by atoms with Gasteiger partial charge in [-0.05, 0) is 12.8 Å². The zero-order valence-electron chi connectivity index (χ0n) is 8.87. The van der Waals surface area contributed by atoms with E-state index in [1.54, 1.807) is 6.07 Å². The molecule has 0 spiro atoms. The molecule has 1 N–H and O–H groups in total. The predicted molar refractivity (Wildman–Crippen MR) is 52.9 cm³/mol. The zero-order valence-corrected chi connectivity index (χ0v) is 9.68. The highest BCUT2D eigenvalue weighted by Crippen LogP contribution is 2.29. The first-order valence-electron chi connectivity index (χ1n) is 4.96. The summed E-state index contributed by atoms with van der Waals surface area (Å²) in [5.74, 6) is 0. The molecule has 9 heteroatoms. The standard InChI is InChI=1S/C8H12F3N3O2S/c9-8(10,11)6-13-17(15,16)14(5-1-4-12)7-2-3-7/h7,13H,1-3,5-6H2. The Morgan fingerprint density at radius 3 is 2.41 bits per heavy atom. The van der Waals surface area contributed by atoms with Gasteiger partial charge in [-0.3, -0.25) is 0 Å². The normalized spacial score (nSPS) is 17.1. The molecule has 0 aromatic rings. The van der Waals surface area contributed by atoms with Gasteiger partial charge in [0.05, 0.1) is 6.07 Å². The summed E-state index contributed by atoms with van der Waals surface area (Å²) in [7, 11) is -4.15. The van der Waals surface area contributed by atoms with Crippen LogP contribution < -0.4 is 4.72 Å². The fourth-order valence-electron chi connectivity index (χ4n) is 1.28. The lowest BCUT2D eigenvalue weighted by Gasteiger charge is -2.21. The second-order valence-corrected chi connectivity index (χ2v) is 5.40. The summed E-state index contributed by atoms with van der Waals surface area (Å²) in [5, 5.41) is 8.37. The van der Waals surface area contributed by atoms with E-state index in [0.29, 0.717) is 12.8 Å². The summed E-state index contributed by atoms with van der Waals surface area (Å²) in [6.07, 6.45) is -3.38. The smallest absolute Gasteiger partial charge is 0.198 e. The third kappa shape index (κ3) is 4.89. The van der Waals surface area contributed by atoms with E-state index in [4.69, 9.17) is 5.26 Å². The van der Waals surface area contributed by atoms with E-state index in [0.717, 1.165) is 4.31 Å². The lowest BCUT2D eigenvalue weighted by atomic mass is 10.4. The van der Waals surface area contributed by atoms with Crippen LogP contribution in [0.2, 0.25) is 0 Å². The van der Waals surface area contributed by atoms with Crippen molar-refractivity contribution < 1.29 is 21.6 Å². The highest BCUT2D eigenvalue weighted by atomic mass is 32.2. The van der Waals surface area contributed by atoms with Crippen molar-refractivity contribution in [2.75, 3.05) is 13.1 Å². The Balaban J connectivity index is 2.62. The van der Waals surface area contributed by atoms with E-state index < -0.39 is 22.9 Å². The van der Waals surface area contributed by atoms with Gasteiger partial charge in [0.2, 0.25) is 0 Å². The summed E-state index contributed by atoms with van der Waals surface area (Å²) < 4.78 is 61.3. The molecule has 0 aliphatic heterocycles.